The summed E-state index contributed by atoms with van der Waals surface area (Å²) in [4.78, 5) is 4.30. The predicted molar refractivity (Wildman–Crippen MR) is 76.0 cm³/mol. The minimum atomic E-state index is 0.704. The number of hydrogen-bond donors (Lipinski definition) is 1. The van der Waals surface area contributed by atoms with Crippen molar-refractivity contribution in [3.63, 3.8) is 0 Å². The van der Waals surface area contributed by atoms with Gasteiger partial charge in [0.15, 0.2) is 0 Å². The van der Waals surface area contributed by atoms with Crippen molar-refractivity contribution < 1.29 is 0 Å². The first-order valence-corrected chi connectivity index (χ1v) is 7.46. The number of nitrogens with one attached hydrogen (secondary N) is 1. The van der Waals surface area contributed by atoms with E-state index in [0.29, 0.717) is 6.04 Å². The molecule has 94 valence electrons. The summed E-state index contributed by atoms with van der Waals surface area (Å²) in [7, 11) is 0. The van der Waals surface area contributed by atoms with Crippen LogP contribution in [0.1, 0.15) is 29.3 Å². The molecule has 1 fully saturated rings. The molecule has 1 aliphatic carbocycles. The summed E-state index contributed by atoms with van der Waals surface area (Å²) in [5.41, 5.74) is 1.50. The molecule has 1 heterocycles. The SMILES string of the molecule is c1ccc(C2CC(NCCc3nccs3)C2)cc1. The van der Waals surface area contributed by atoms with Crippen molar-refractivity contribution in [3.05, 3.63) is 52.5 Å². The van der Waals surface area contributed by atoms with Crippen LogP contribution in [0.2, 0.25) is 0 Å². The normalized spacial score (nSPS) is 22.7. The smallest absolute Gasteiger partial charge is 0.0937 e. The van der Waals surface area contributed by atoms with Crippen molar-refractivity contribution in [2.45, 2.75) is 31.2 Å². The number of nitrogens with zero attached hydrogens (tertiary/aromatic N) is 1. The molecule has 1 aromatic heterocycles. The van der Waals surface area contributed by atoms with Crippen LogP contribution in [0.15, 0.2) is 41.9 Å². The predicted octanol–water partition coefficient (Wildman–Crippen LogP) is 3.22. The molecule has 0 radical (unpaired) electrons. The Labute approximate surface area is 112 Å². The van der Waals surface area contributed by atoms with Gasteiger partial charge in [-0.25, -0.2) is 4.98 Å². The summed E-state index contributed by atoms with van der Waals surface area (Å²) < 4.78 is 0. The third-order valence-electron chi connectivity index (χ3n) is 3.66. The quantitative estimate of drug-likeness (QED) is 0.890. The van der Waals surface area contributed by atoms with Crippen LogP contribution in [0, 0.1) is 0 Å². The molecule has 0 spiro atoms. The summed E-state index contributed by atoms with van der Waals surface area (Å²) in [5, 5.41) is 6.91. The fourth-order valence-corrected chi connectivity index (χ4v) is 3.16. The van der Waals surface area contributed by atoms with Crippen molar-refractivity contribution in [1.82, 2.24) is 10.3 Å². The second-order valence-electron chi connectivity index (χ2n) is 4.91. The van der Waals surface area contributed by atoms with Crippen molar-refractivity contribution in [1.29, 1.82) is 0 Å². The van der Waals surface area contributed by atoms with Crippen LogP contribution in [0.4, 0.5) is 0 Å². The maximum atomic E-state index is 4.30. The molecule has 0 saturated heterocycles. The van der Waals surface area contributed by atoms with E-state index >= 15 is 0 Å². The fraction of sp³-hybridized carbons (Fsp3) is 0.400. The molecule has 1 N–H and O–H groups in total. The highest BCUT2D eigenvalue weighted by Crippen LogP contribution is 2.36. The third kappa shape index (κ3) is 2.79. The molecule has 1 aliphatic rings. The van der Waals surface area contributed by atoms with Gasteiger partial charge in [0.05, 0.1) is 5.01 Å². The molecule has 0 aliphatic heterocycles. The Morgan fingerprint density at radius 2 is 2.06 bits per heavy atom. The summed E-state index contributed by atoms with van der Waals surface area (Å²) in [6.45, 7) is 1.06. The van der Waals surface area contributed by atoms with Crippen LogP contribution in [-0.2, 0) is 6.42 Å². The monoisotopic (exact) mass is 258 g/mol. The molecule has 0 atom stereocenters. The first-order chi connectivity index (χ1) is 8.92. The Kier molecular flexibility index (Phi) is 3.72. The molecule has 2 aromatic rings. The van der Waals surface area contributed by atoms with Gasteiger partial charge in [0.1, 0.15) is 0 Å². The van der Waals surface area contributed by atoms with E-state index in [4.69, 9.17) is 0 Å². The zero-order chi connectivity index (χ0) is 12.2. The summed E-state index contributed by atoms with van der Waals surface area (Å²) in [5.74, 6) is 0.767. The minimum Gasteiger partial charge on any atom is -0.314 e. The highest BCUT2D eigenvalue weighted by Gasteiger charge is 2.29. The van der Waals surface area contributed by atoms with Gasteiger partial charge in [-0.1, -0.05) is 30.3 Å². The average molecular weight is 258 g/mol. The van der Waals surface area contributed by atoms with Gasteiger partial charge in [-0.2, -0.15) is 0 Å². The van der Waals surface area contributed by atoms with Gasteiger partial charge in [-0.3, -0.25) is 0 Å². The van der Waals surface area contributed by atoms with Crippen LogP contribution in [-0.4, -0.2) is 17.6 Å². The first kappa shape index (κ1) is 11.9. The average Bonchev–Trinajstić information content (AvgIpc) is 2.86. The van der Waals surface area contributed by atoms with E-state index in [2.05, 4.69) is 40.6 Å². The second-order valence-corrected chi connectivity index (χ2v) is 5.89. The number of rotatable bonds is 5. The zero-order valence-corrected chi connectivity index (χ0v) is 11.2. The van der Waals surface area contributed by atoms with Crippen molar-refractivity contribution in [2.24, 2.45) is 0 Å². The first-order valence-electron chi connectivity index (χ1n) is 6.58. The van der Waals surface area contributed by atoms with E-state index in [1.54, 1.807) is 11.3 Å². The maximum Gasteiger partial charge on any atom is 0.0937 e. The molecule has 0 bridgehead atoms. The van der Waals surface area contributed by atoms with Gasteiger partial charge in [-0.15, -0.1) is 11.3 Å². The second kappa shape index (κ2) is 5.63. The van der Waals surface area contributed by atoms with Crippen molar-refractivity contribution in [2.75, 3.05) is 6.54 Å². The van der Waals surface area contributed by atoms with Gasteiger partial charge in [-0.05, 0) is 24.3 Å². The molecule has 1 aromatic carbocycles. The summed E-state index contributed by atoms with van der Waals surface area (Å²) >= 11 is 1.75. The molecular formula is C15H18N2S. The Balaban J connectivity index is 1.38. The van der Waals surface area contributed by atoms with Gasteiger partial charge >= 0.3 is 0 Å². The lowest BCUT2D eigenvalue weighted by atomic mass is 9.76. The number of aromatic nitrogens is 1. The number of benzene rings is 1. The Morgan fingerprint density at radius 1 is 1.22 bits per heavy atom. The molecule has 18 heavy (non-hydrogen) atoms. The lowest BCUT2D eigenvalue weighted by molar-refractivity contribution is 0.293. The van der Waals surface area contributed by atoms with Gasteiger partial charge in [0, 0.05) is 30.6 Å². The van der Waals surface area contributed by atoms with Crippen LogP contribution >= 0.6 is 11.3 Å². The van der Waals surface area contributed by atoms with Gasteiger partial charge in [0.25, 0.3) is 0 Å². The molecule has 0 unspecified atom stereocenters. The minimum absolute atomic E-state index is 0.704. The van der Waals surface area contributed by atoms with Crippen LogP contribution in [0.5, 0.6) is 0 Å². The lowest BCUT2D eigenvalue weighted by Gasteiger charge is -2.36. The molecule has 1 saturated carbocycles. The zero-order valence-electron chi connectivity index (χ0n) is 10.4. The molecule has 3 heteroatoms. The van der Waals surface area contributed by atoms with Crippen molar-refractivity contribution in [3.8, 4) is 0 Å². The topological polar surface area (TPSA) is 24.9 Å². The van der Waals surface area contributed by atoms with E-state index in [0.717, 1.165) is 18.9 Å². The standard InChI is InChI=1S/C15H18N2S/c1-2-4-12(5-3-1)13-10-14(11-13)16-7-6-15-17-8-9-18-15/h1-5,8-9,13-14,16H,6-7,10-11H2. The fourth-order valence-electron chi connectivity index (χ4n) is 2.54. The Hall–Kier alpha value is -1.19. The molecule has 2 nitrogen and oxygen atoms in total. The highest BCUT2D eigenvalue weighted by atomic mass is 32.1. The van der Waals surface area contributed by atoms with Gasteiger partial charge in [0.2, 0.25) is 0 Å². The molecular weight excluding hydrogens is 240 g/mol. The number of hydrogen-bond acceptors (Lipinski definition) is 3. The van der Waals surface area contributed by atoms with Crippen LogP contribution in [0.25, 0.3) is 0 Å². The Morgan fingerprint density at radius 3 is 2.78 bits per heavy atom. The van der Waals surface area contributed by atoms with Crippen LogP contribution in [0.3, 0.4) is 0 Å². The third-order valence-corrected chi connectivity index (χ3v) is 4.50. The van der Waals surface area contributed by atoms with Crippen LogP contribution < -0.4 is 5.32 Å². The van der Waals surface area contributed by atoms with E-state index in [-0.39, 0.29) is 0 Å². The molecule has 0 amide bonds. The largest absolute Gasteiger partial charge is 0.314 e. The maximum absolute atomic E-state index is 4.30. The van der Waals surface area contributed by atoms with Gasteiger partial charge < -0.3 is 5.32 Å². The lowest BCUT2D eigenvalue weighted by Crippen LogP contribution is -2.40. The van der Waals surface area contributed by atoms with Crippen molar-refractivity contribution >= 4 is 11.3 Å². The molecule has 3 rings (SSSR count). The van der Waals surface area contributed by atoms with E-state index in [9.17, 15) is 0 Å². The van der Waals surface area contributed by atoms with E-state index in [1.165, 1.54) is 23.4 Å². The van der Waals surface area contributed by atoms with E-state index < -0.39 is 0 Å². The summed E-state index contributed by atoms with van der Waals surface area (Å²) in [6.07, 6.45) is 5.50. The van der Waals surface area contributed by atoms with E-state index in [1.807, 2.05) is 11.6 Å². The highest BCUT2D eigenvalue weighted by molar-refractivity contribution is 7.09. The summed E-state index contributed by atoms with van der Waals surface area (Å²) in [6, 6.07) is 11.6. The number of thiazole rings is 1. The Bertz CT molecular complexity index is 461.